The molecule has 0 aliphatic carbocycles. The largest absolute Gasteiger partial charge is 0.454 e. The van der Waals surface area contributed by atoms with Crippen molar-refractivity contribution in [1.82, 2.24) is 39.3 Å². The lowest BCUT2D eigenvalue weighted by molar-refractivity contribution is -0.127. The van der Waals surface area contributed by atoms with Crippen molar-refractivity contribution in [1.29, 1.82) is 0 Å². The van der Waals surface area contributed by atoms with Crippen molar-refractivity contribution in [2.24, 2.45) is 0 Å². The van der Waals surface area contributed by atoms with Crippen LogP contribution in [0.2, 0.25) is 0 Å². The molecule has 0 saturated carbocycles. The summed E-state index contributed by atoms with van der Waals surface area (Å²) in [7, 11) is 0. The molecule has 6 heterocycles. The second-order valence-electron chi connectivity index (χ2n) is 16.9. The monoisotopic (exact) mass is 992 g/mol. The normalized spacial score (nSPS) is 15.8. The quantitative estimate of drug-likeness (QED) is 0.0755. The summed E-state index contributed by atoms with van der Waals surface area (Å²) in [5, 5.41) is 10.0. The molecule has 0 radical (unpaired) electrons. The summed E-state index contributed by atoms with van der Waals surface area (Å²) in [6, 6.07) is 14.6. The Kier molecular flexibility index (Phi) is 13.8. The lowest BCUT2D eigenvalue weighted by atomic mass is 9.93. The number of pyridine rings is 2. The Labute approximate surface area is 405 Å². The third-order valence-corrected chi connectivity index (χ3v) is 12.3. The maximum absolute atomic E-state index is 14.9. The van der Waals surface area contributed by atoms with E-state index in [-0.39, 0.29) is 35.1 Å². The van der Waals surface area contributed by atoms with E-state index in [1.165, 1.54) is 58.2 Å². The van der Waals surface area contributed by atoms with Crippen LogP contribution in [-0.2, 0) is 9.59 Å². The molecule has 4 aromatic carbocycles. The molecule has 2 fully saturated rings. The van der Waals surface area contributed by atoms with E-state index in [9.17, 15) is 44.7 Å². The topological polar surface area (TPSA) is 120 Å². The number of nitrogens with zero attached hydrogens (tertiary/aromatic N) is 8. The standard InChI is InChI=1S/2C26H20F4N4O2/c2*1-2-23(35)33-9-3-4-15(14-33)26-24-20(29)12-31-13-21(24)34(32-26)17-5-7-18(8-6-17)36-22-11-16(27)10-19(28)25(22)30/h2*2,5-8,10-13,15H,1,3-4,9,14H2/t2*15-/m10/s1. The average molecular weight is 993 g/mol. The number of fused-ring (bicyclic) bond motifs is 2. The van der Waals surface area contributed by atoms with Crippen molar-refractivity contribution < 1.29 is 54.2 Å². The summed E-state index contributed by atoms with van der Waals surface area (Å²) in [4.78, 5) is 35.6. The molecular formula is C52H40F8N8O4. The van der Waals surface area contributed by atoms with Gasteiger partial charge in [0.1, 0.15) is 23.1 Å². The summed E-state index contributed by atoms with van der Waals surface area (Å²) in [5.41, 5.74) is 2.97. The Morgan fingerprint density at radius 1 is 0.542 bits per heavy atom. The summed E-state index contributed by atoms with van der Waals surface area (Å²) >= 11 is 0. The molecule has 0 N–H and O–H groups in total. The van der Waals surface area contributed by atoms with Gasteiger partial charge in [-0.05, 0) is 86.4 Å². The van der Waals surface area contributed by atoms with E-state index < -0.39 is 58.0 Å². The lowest BCUT2D eigenvalue weighted by Gasteiger charge is -2.31. The highest BCUT2D eigenvalue weighted by Crippen LogP contribution is 2.37. The van der Waals surface area contributed by atoms with Crippen molar-refractivity contribution in [2.75, 3.05) is 26.2 Å². The van der Waals surface area contributed by atoms with Crippen LogP contribution < -0.4 is 9.47 Å². The molecule has 0 spiro atoms. The first-order valence-corrected chi connectivity index (χ1v) is 22.4. The minimum Gasteiger partial charge on any atom is -0.454 e. The third kappa shape index (κ3) is 9.84. The number of ether oxygens (including phenoxy) is 2. The average Bonchev–Trinajstić information content (AvgIpc) is 3.99. The van der Waals surface area contributed by atoms with Crippen LogP contribution in [0.3, 0.4) is 0 Å². The van der Waals surface area contributed by atoms with E-state index >= 15 is 0 Å². The van der Waals surface area contributed by atoms with Gasteiger partial charge in [0.05, 0.1) is 69.4 Å². The van der Waals surface area contributed by atoms with Gasteiger partial charge in [-0.1, -0.05) is 13.2 Å². The first kappa shape index (κ1) is 48.6. The van der Waals surface area contributed by atoms with Crippen LogP contribution in [0.4, 0.5) is 35.1 Å². The molecule has 0 unspecified atom stereocenters. The zero-order valence-electron chi connectivity index (χ0n) is 37.9. The number of carbonyl (C=O) groups excluding carboxylic acids is 2. The van der Waals surface area contributed by atoms with Crippen LogP contribution in [0, 0.1) is 46.5 Å². The third-order valence-electron chi connectivity index (χ3n) is 12.3. The van der Waals surface area contributed by atoms with E-state index in [4.69, 9.17) is 9.47 Å². The maximum atomic E-state index is 14.9. The number of benzene rings is 4. The molecule has 8 aromatic rings. The molecule has 4 aromatic heterocycles. The van der Waals surface area contributed by atoms with E-state index in [0.717, 1.165) is 50.2 Å². The van der Waals surface area contributed by atoms with Gasteiger partial charge in [-0.3, -0.25) is 19.6 Å². The van der Waals surface area contributed by atoms with Crippen molar-refractivity contribution in [2.45, 2.75) is 37.5 Å². The number of halogens is 8. The van der Waals surface area contributed by atoms with E-state index in [0.29, 0.717) is 82.9 Å². The zero-order chi connectivity index (χ0) is 50.8. The van der Waals surface area contributed by atoms with Crippen LogP contribution in [0.25, 0.3) is 33.2 Å². The number of hydrogen-bond donors (Lipinski definition) is 0. The molecule has 368 valence electrons. The van der Waals surface area contributed by atoms with Crippen molar-refractivity contribution in [3.8, 4) is 34.4 Å². The number of likely N-dealkylation sites (tertiary alicyclic amines) is 2. The summed E-state index contributed by atoms with van der Waals surface area (Å²) in [6.07, 6.45) is 10.7. The molecule has 20 heteroatoms. The molecule has 2 aliphatic heterocycles. The number of aromatic nitrogens is 6. The number of rotatable bonds is 10. The maximum Gasteiger partial charge on any atom is 0.245 e. The predicted molar refractivity (Wildman–Crippen MR) is 248 cm³/mol. The first-order chi connectivity index (χ1) is 34.7. The van der Waals surface area contributed by atoms with Gasteiger partial charge in [-0.25, -0.2) is 35.7 Å². The number of amides is 2. The molecule has 2 saturated heterocycles. The van der Waals surface area contributed by atoms with E-state index in [2.05, 4.69) is 33.3 Å². The molecule has 2 atom stereocenters. The molecule has 0 bridgehead atoms. The van der Waals surface area contributed by atoms with E-state index in [1.807, 2.05) is 0 Å². The van der Waals surface area contributed by atoms with Gasteiger partial charge < -0.3 is 19.3 Å². The highest BCUT2D eigenvalue weighted by Gasteiger charge is 2.31. The Balaban J connectivity index is 0.000000178. The fraction of sp³-hybridized carbons (Fsp3) is 0.192. The first-order valence-electron chi connectivity index (χ1n) is 22.4. The Morgan fingerprint density at radius 2 is 0.931 bits per heavy atom. The van der Waals surface area contributed by atoms with Crippen LogP contribution in [0.15, 0.2) is 123 Å². The van der Waals surface area contributed by atoms with Gasteiger partial charge in [-0.15, -0.1) is 0 Å². The van der Waals surface area contributed by atoms with Crippen LogP contribution >= 0.6 is 0 Å². The second-order valence-corrected chi connectivity index (χ2v) is 16.9. The highest BCUT2D eigenvalue weighted by molar-refractivity contribution is 5.88. The molecular weight excluding hydrogens is 953 g/mol. The smallest absolute Gasteiger partial charge is 0.245 e. The molecule has 12 nitrogen and oxygen atoms in total. The zero-order valence-corrected chi connectivity index (χ0v) is 37.9. The van der Waals surface area contributed by atoms with Gasteiger partial charge in [0.15, 0.2) is 34.8 Å². The van der Waals surface area contributed by atoms with Crippen molar-refractivity contribution in [3.63, 3.8) is 0 Å². The minimum atomic E-state index is -1.36. The Morgan fingerprint density at radius 3 is 1.31 bits per heavy atom. The lowest BCUT2D eigenvalue weighted by Crippen LogP contribution is -2.38. The van der Waals surface area contributed by atoms with Crippen molar-refractivity contribution in [3.05, 3.63) is 181 Å². The van der Waals surface area contributed by atoms with Crippen LogP contribution in [0.5, 0.6) is 23.0 Å². The number of hydrogen-bond acceptors (Lipinski definition) is 8. The Hall–Kier alpha value is -8.42. The van der Waals surface area contributed by atoms with Gasteiger partial charge in [0, 0.05) is 62.3 Å². The second kappa shape index (κ2) is 20.5. The molecule has 2 aliphatic rings. The molecule has 72 heavy (non-hydrogen) atoms. The summed E-state index contributed by atoms with van der Waals surface area (Å²) in [6.45, 7) is 9.06. The number of piperidine rings is 2. The summed E-state index contributed by atoms with van der Waals surface area (Å²) in [5.74, 6) is -9.96. The minimum absolute atomic E-state index is 0.134. The van der Waals surface area contributed by atoms with Gasteiger partial charge in [-0.2, -0.15) is 19.0 Å². The summed E-state index contributed by atoms with van der Waals surface area (Å²) < 4.78 is 125. The predicted octanol–water partition coefficient (Wildman–Crippen LogP) is 11.3. The fourth-order valence-electron chi connectivity index (χ4n) is 8.90. The Bertz CT molecular complexity index is 3160. The van der Waals surface area contributed by atoms with Crippen LogP contribution in [-0.4, -0.2) is 77.3 Å². The number of carbonyl (C=O) groups is 2. The fourth-order valence-corrected chi connectivity index (χ4v) is 8.90. The SMILES string of the molecule is C=CC(=O)N1CCC[C@@H](c2nn(-c3ccc(Oc4cc(F)cc(F)c4F)cc3)c3cncc(F)c23)C1.C=CC(=O)N1CCC[C@H](c2nn(-c3ccc(Oc4cc(F)cc(F)c4F)cc3)c3cncc(F)c23)C1. The van der Waals surface area contributed by atoms with E-state index in [1.54, 1.807) is 34.1 Å². The van der Waals surface area contributed by atoms with Crippen LogP contribution in [0.1, 0.15) is 48.9 Å². The molecule has 2 amide bonds. The van der Waals surface area contributed by atoms with Crippen molar-refractivity contribution >= 4 is 33.6 Å². The highest BCUT2D eigenvalue weighted by atomic mass is 19.2. The van der Waals surface area contributed by atoms with Gasteiger partial charge in [0.25, 0.3) is 0 Å². The van der Waals surface area contributed by atoms with Gasteiger partial charge in [0.2, 0.25) is 23.4 Å². The van der Waals surface area contributed by atoms with Gasteiger partial charge >= 0.3 is 0 Å². The molecule has 10 rings (SSSR count).